The molecule has 0 amide bonds. The van der Waals surface area contributed by atoms with Crippen LogP contribution in [-0.4, -0.2) is 39.9 Å². The lowest BCUT2D eigenvalue weighted by atomic mass is 10.8. The van der Waals surface area contributed by atoms with E-state index in [1.165, 1.54) is 0 Å². The van der Waals surface area contributed by atoms with E-state index in [0.717, 1.165) is 0 Å². The number of nitrogens with zero attached hydrogens (tertiary/aromatic N) is 3. The number of nitrogens with one attached hydrogen (secondary N) is 1. The highest BCUT2D eigenvalue weighted by molar-refractivity contribution is 5.25. The molecule has 0 aliphatic rings. The molecule has 84 valence electrons. The molecule has 0 bridgehead atoms. The number of hydrogen-bond donors (Lipinski definition) is 3. The average molecular weight is 215 g/mol. The minimum Gasteiger partial charge on any atom is -0.464 e. The molecule has 0 fully saturated rings. The van der Waals surface area contributed by atoms with Crippen molar-refractivity contribution in [2.75, 3.05) is 25.2 Å². The van der Waals surface area contributed by atoms with E-state index in [1.807, 2.05) is 0 Å². The third kappa shape index (κ3) is 3.52. The van der Waals surface area contributed by atoms with Crippen molar-refractivity contribution >= 4 is 5.95 Å². The molecule has 1 aromatic rings. The fraction of sp³-hybridized carbons (Fsp3) is 0.571. The Balaban J connectivity index is 2.79. The second-order valence-electron chi connectivity index (χ2n) is 2.37. The van der Waals surface area contributed by atoms with Gasteiger partial charge < -0.3 is 14.6 Å². The highest BCUT2D eigenvalue weighted by Gasteiger charge is 2.06. The van der Waals surface area contributed by atoms with Crippen LogP contribution in [0, 0.1) is 0 Å². The second-order valence-corrected chi connectivity index (χ2v) is 2.37. The zero-order valence-electron chi connectivity index (χ0n) is 8.30. The number of hydrogen-bond acceptors (Lipinski definition) is 8. The Labute approximate surface area is 86.4 Å². The maximum Gasteiger partial charge on any atom is 0.324 e. The number of ether oxygens (including phenoxy) is 2. The summed E-state index contributed by atoms with van der Waals surface area (Å²) in [7, 11) is 0. The molecule has 0 saturated heterocycles. The first-order valence-corrected chi connectivity index (χ1v) is 4.39. The van der Waals surface area contributed by atoms with Gasteiger partial charge in [0.15, 0.2) is 0 Å². The fourth-order valence-corrected chi connectivity index (χ4v) is 0.798. The predicted molar refractivity (Wildman–Crippen MR) is 51.4 cm³/mol. The summed E-state index contributed by atoms with van der Waals surface area (Å²) in [6.45, 7) is 2.20. The molecule has 0 saturated carbocycles. The third-order valence-corrected chi connectivity index (χ3v) is 1.32. The zero-order valence-corrected chi connectivity index (χ0v) is 8.30. The minimum absolute atomic E-state index is 0.0513. The van der Waals surface area contributed by atoms with Crippen LogP contribution < -0.4 is 20.7 Å². The van der Waals surface area contributed by atoms with E-state index in [0.29, 0.717) is 6.61 Å². The molecule has 8 heteroatoms. The third-order valence-electron chi connectivity index (χ3n) is 1.32. The van der Waals surface area contributed by atoms with E-state index < -0.39 is 0 Å². The number of nitrogen functional groups attached to an aromatic ring is 1. The van der Waals surface area contributed by atoms with Gasteiger partial charge in [0.05, 0.1) is 13.2 Å². The first kappa shape index (κ1) is 11.4. The summed E-state index contributed by atoms with van der Waals surface area (Å²) >= 11 is 0. The largest absolute Gasteiger partial charge is 0.464 e. The topological polar surface area (TPSA) is 115 Å². The summed E-state index contributed by atoms with van der Waals surface area (Å²) in [6.07, 6.45) is 0. The number of hydrazine groups is 1. The summed E-state index contributed by atoms with van der Waals surface area (Å²) in [6, 6.07) is 0.170. The smallest absolute Gasteiger partial charge is 0.324 e. The van der Waals surface area contributed by atoms with Crippen LogP contribution in [0.3, 0.4) is 0 Å². The van der Waals surface area contributed by atoms with Gasteiger partial charge in [0.25, 0.3) is 0 Å². The molecule has 0 atom stereocenters. The van der Waals surface area contributed by atoms with Crippen LogP contribution in [0.2, 0.25) is 0 Å². The van der Waals surface area contributed by atoms with Gasteiger partial charge in [-0.1, -0.05) is 0 Å². The Bertz CT molecular complexity index is 309. The monoisotopic (exact) mass is 215 g/mol. The number of rotatable bonds is 6. The lowest BCUT2D eigenvalue weighted by Crippen LogP contribution is -2.14. The molecular formula is C7H13N5O3. The van der Waals surface area contributed by atoms with Gasteiger partial charge in [-0.05, 0) is 6.92 Å². The summed E-state index contributed by atoms with van der Waals surface area (Å²) in [5.74, 6) is 5.29. The quantitative estimate of drug-likeness (QED) is 0.405. The van der Waals surface area contributed by atoms with Gasteiger partial charge in [0, 0.05) is 0 Å². The Kier molecular flexibility index (Phi) is 4.51. The maximum absolute atomic E-state index is 8.56. The minimum atomic E-state index is -0.124. The van der Waals surface area contributed by atoms with Gasteiger partial charge in [-0.2, -0.15) is 9.97 Å². The first-order valence-electron chi connectivity index (χ1n) is 4.39. The molecule has 1 rings (SSSR count). The SMILES string of the molecule is CCOc1nc(NN)nc(OCCO)n1. The Morgan fingerprint density at radius 3 is 2.47 bits per heavy atom. The number of aromatic nitrogens is 3. The van der Waals surface area contributed by atoms with Gasteiger partial charge in [0.1, 0.15) is 6.61 Å². The van der Waals surface area contributed by atoms with Crippen LogP contribution in [0.5, 0.6) is 12.0 Å². The maximum atomic E-state index is 8.56. The molecule has 15 heavy (non-hydrogen) atoms. The lowest BCUT2D eigenvalue weighted by molar-refractivity contribution is 0.188. The van der Waals surface area contributed by atoms with Crippen LogP contribution in [0.4, 0.5) is 5.95 Å². The molecule has 0 aromatic carbocycles. The van der Waals surface area contributed by atoms with E-state index >= 15 is 0 Å². The Morgan fingerprint density at radius 2 is 1.93 bits per heavy atom. The summed E-state index contributed by atoms with van der Waals surface area (Å²) in [4.78, 5) is 11.5. The summed E-state index contributed by atoms with van der Waals surface area (Å²) < 4.78 is 10.1. The van der Waals surface area contributed by atoms with Crippen molar-refractivity contribution in [1.29, 1.82) is 0 Å². The molecule has 1 aromatic heterocycles. The standard InChI is InChI=1S/C7H13N5O3/c1-2-14-6-9-5(12-8)10-7(11-6)15-4-3-13/h13H,2-4,8H2,1H3,(H,9,10,11,12). The van der Waals surface area contributed by atoms with E-state index in [4.69, 9.17) is 20.4 Å². The van der Waals surface area contributed by atoms with Gasteiger partial charge in [-0.3, -0.25) is 5.43 Å². The van der Waals surface area contributed by atoms with Gasteiger partial charge in [0.2, 0.25) is 5.95 Å². The molecule has 1 heterocycles. The fourth-order valence-electron chi connectivity index (χ4n) is 0.798. The Hall–Kier alpha value is -1.67. The van der Waals surface area contributed by atoms with E-state index in [-0.39, 0.29) is 31.2 Å². The van der Waals surface area contributed by atoms with Crippen LogP contribution >= 0.6 is 0 Å². The molecular weight excluding hydrogens is 202 g/mol. The highest BCUT2D eigenvalue weighted by Crippen LogP contribution is 2.11. The van der Waals surface area contributed by atoms with Crippen LogP contribution in [0.15, 0.2) is 0 Å². The molecule has 4 N–H and O–H groups in total. The Morgan fingerprint density at radius 1 is 1.27 bits per heavy atom. The van der Waals surface area contributed by atoms with Crippen molar-refractivity contribution in [3.05, 3.63) is 0 Å². The van der Waals surface area contributed by atoms with Crippen molar-refractivity contribution in [2.24, 2.45) is 5.84 Å². The van der Waals surface area contributed by atoms with Crippen molar-refractivity contribution in [1.82, 2.24) is 15.0 Å². The van der Waals surface area contributed by atoms with Crippen LogP contribution in [0.1, 0.15) is 6.92 Å². The normalized spacial score (nSPS) is 9.80. The number of anilines is 1. The first-order chi connectivity index (χ1) is 7.30. The van der Waals surface area contributed by atoms with Gasteiger partial charge >= 0.3 is 12.0 Å². The second kappa shape index (κ2) is 5.94. The summed E-state index contributed by atoms with van der Waals surface area (Å²) in [5, 5.41) is 8.56. The van der Waals surface area contributed by atoms with Crippen molar-refractivity contribution < 1.29 is 14.6 Å². The molecule has 0 radical (unpaired) electrons. The zero-order chi connectivity index (χ0) is 11.1. The molecule has 0 aliphatic heterocycles. The van der Waals surface area contributed by atoms with E-state index in [9.17, 15) is 0 Å². The van der Waals surface area contributed by atoms with Crippen molar-refractivity contribution in [3.63, 3.8) is 0 Å². The van der Waals surface area contributed by atoms with E-state index in [1.54, 1.807) is 6.92 Å². The average Bonchev–Trinajstić information content (AvgIpc) is 2.26. The van der Waals surface area contributed by atoms with Gasteiger partial charge in [-0.15, -0.1) is 4.98 Å². The lowest BCUT2D eigenvalue weighted by Gasteiger charge is -2.06. The number of aliphatic hydroxyl groups excluding tert-OH is 1. The number of nitrogens with two attached hydrogens (primary N) is 1. The molecule has 0 aliphatic carbocycles. The van der Waals surface area contributed by atoms with Crippen molar-refractivity contribution in [3.8, 4) is 12.0 Å². The summed E-state index contributed by atoms with van der Waals surface area (Å²) in [5.41, 5.74) is 2.26. The van der Waals surface area contributed by atoms with E-state index in [2.05, 4.69) is 20.4 Å². The number of aliphatic hydroxyl groups is 1. The van der Waals surface area contributed by atoms with Crippen LogP contribution in [-0.2, 0) is 0 Å². The molecule has 0 spiro atoms. The van der Waals surface area contributed by atoms with Gasteiger partial charge in [-0.25, -0.2) is 5.84 Å². The van der Waals surface area contributed by atoms with Crippen molar-refractivity contribution in [2.45, 2.75) is 6.92 Å². The molecule has 8 nitrogen and oxygen atoms in total. The highest BCUT2D eigenvalue weighted by atomic mass is 16.5. The molecule has 0 unspecified atom stereocenters. The predicted octanol–water partition coefficient (Wildman–Crippen LogP) is -1.07. The van der Waals surface area contributed by atoms with Crippen LogP contribution in [0.25, 0.3) is 0 Å².